The Morgan fingerprint density at radius 2 is 1.73 bits per heavy atom. The monoisotopic (exact) mass is 319 g/mol. The number of carbonyl (C=O) groups is 1. The number of aryl methyl sites for hydroxylation is 1. The third-order valence-corrected chi connectivity index (χ3v) is 4.87. The van der Waals surface area contributed by atoms with E-state index in [0.717, 1.165) is 16.2 Å². The van der Waals surface area contributed by atoms with Gasteiger partial charge in [0.25, 0.3) is 0 Å². The number of hydrogen-bond acceptors (Lipinski definition) is 3. The van der Waals surface area contributed by atoms with Crippen molar-refractivity contribution in [2.24, 2.45) is 7.05 Å². The number of benzene rings is 1. The van der Waals surface area contributed by atoms with Crippen molar-refractivity contribution >= 4 is 28.7 Å². The van der Waals surface area contributed by atoms with Crippen LogP contribution in [0.15, 0.2) is 29.4 Å². The van der Waals surface area contributed by atoms with E-state index >= 15 is 0 Å². The van der Waals surface area contributed by atoms with Crippen LogP contribution in [0.2, 0.25) is 0 Å². The molecule has 5 heteroatoms. The lowest BCUT2D eigenvalue weighted by Gasteiger charge is -2.32. The van der Waals surface area contributed by atoms with Crippen LogP contribution in [0.1, 0.15) is 34.6 Å². The van der Waals surface area contributed by atoms with Gasteiger partial charge in [-0.3, -0.25) is 4.79 Å². The molecule has 2 aromatic rings. The van der Waals surface area contributed by atoms with Crippen molar-refractivity contribution in [2.45, 2.75) is 57.1 Å². The first-order valence-corrected chi connectivity index (χ1v) is 8.61. The third kappa shape index (κ3) is 3.29. The molecule has 0 fully saturated rings. The molecular weight excluding hydrogens is 294 g/mol. The summed E-state index contributed by atoms with van der Waals surface area (Å²) < 4.78 is 2.05. The minimum atomic E-state index is -0.152. The number of rotatable bonds is 5. The number of carbonyl (C=O) groups excluding carboxylic acids is 1. The lowest BCUT2D eigenvalue weighted by molar-refractivity contribution is -0.133. The number of fused-ring (bicyclic) bond motifs is 1. The van der Waals surface area contributed by atoms with Crippen molar-refractivity contribution in [3.63, 3.8) is 0 Å². The molecule has 0 spiro atoms. The van der Waals surface area contributed by atoms with Gasteiger partial charge in [-0.15, -0.1) is 0 Å². The highest BCUT2D eigenvalue weighted by Gasteiger charge is 2.27. The fraction of sp³-hybridized carbons (Fsp3) is 0.529. The molecule has 1 unspecified atom stereocenters. The van der Waals surface area contributed by atoms with Gasteiger partial charge in [0, 0.05) is 19.1 Å². The Balaban J connectivity index is 2.21. The Kier molecular flexibility index (Phi) is 5.16. The number of nitrogens with zero attached hydrogens (tertiary/aromatic N) is 3. The van der Waals surface area contributed by atoms with Gasteiger partial charge in [0.2, 0.25) is 5.91 Å². The minimum Gasteiger partial charge on any atom is -0.337 e. The molecule has 22 heavy (non-hydrogen) atoms. The first-order valence-electron chi connectivity index (χ1n) is 7.73. The van der Waals surface area contributed by atoms with E-state index in [9.17, 15) is 4.79 Å². The molecule has 120 valence electrons. The molecule has 0 saturated carbocycles. The molecule has 4 nitrogen and oxygen atoms in total. The number of hydrogen-bond donors (Lipinski definition) is 0. The van der Waals surface area contributed by atoms with Crippen LogP contribution < -0.4 is 0 Å². The second-order valence-corrected chi connectivity index (χ2v) is 7.44. The normalized spacial score (nSPS) is 13.1. The first kappa shape index (κ1) is 16.9. The van der Waals surface area contributed by atoms with Gasteiger partial charge in [-0.25, -0.2) is 4.98 Å². The molecule has 0 bridgehead atoms. The van der Waals surface area contributed by atoms with Crippen LogP contribution in [0.25, 0.3) is 11.0 Å². The summed E-state index contributed by atoms with van der Waals surface area (Å²) in [5.74, 6) is 0.169. The van der Waals surface area contributed by atoms with Gasteiger partial charge in [-0.05, 0) is 46.8 Å². The molecule has 2 rings (SSSR count). The molecule has 0 aliphatic rings. The second-order valence-electron chi connectivity index (χ2n) is 6.14. The van der Waals surface area contributed by atoms with Gasteiger partial charge in [-0.1, -0.05) is 23.9 Å². The van der Waals surface area contributed by atoms with Gasteiger partial charge >= 0.3 is 0 Å². The summed E-state index contributed by atoms with van der Waals surface area (Å²) in [5, 5.41) is 0.731. The maximum absolute atomic E-state index is 12.7. The minimum absolute atomic E-state index is 0.152. The summed E-state index contributed by atoms with van der Waals surface area (Å²) in [5.41, 5.74) is 2.06. The predicted octanol–water partition coefficient (Wildman–Crippen LogP) is 3.70. The highest BCUT2D eigenvalue weighted by Crippen LogP contribution is 2.27. The number of amides is 1. The summed E-state index contributed by atoms with van der Waals surface area (Å²) >= 11 is 1.53. The molecule has 1 aromatic heterocycles. The fourth-order valence-corrected chi connectivity index (χ4v) is 3.70. The van der Waals surface area contributed by atoms with Crippen LogP contribution >= 0.6 is 11.8 Å². The maximum atomic E-state index is 12.7. The topological polar surface area (TPSA) is 38.1 Å². The number of aromatic nitrogens is 2. The van der Waals surface area contributed by atoms with E-state index in [2.05, 4.69) is 37.2 Å². The average molecular weight is 319 g/mol. The number of imidazole rings is 1. The van der Waals surface area contributed by atoms with Crippen molar-refractivity contribution in [3.05, 3.63) is 24.3 Å². The van der Waals surface area contributed by atoms with Crippen molar-refractivity contribution in [2.75, 3.05) is 0 Å². The van der Waals surface area contributed by atoms with Gasteiger partial charge in [0.1, 0.15) is 0 Å². The van der Waals surface area contributed by atoms with Crippen molar-refractivity contribution in [3.8, 4) is 0 Å². The first-order chi connectivity index (χ1) is 10.3. The van der Waals surface area contributed by atoms with Crippen molar-refractivity contribution in [1.29, 1.82) is 0 Å². The zero-order valence-electron chi connectivity index (χ0n) is 14.2. The van der Waals surface area contributed by atoms with Crippen molar-refractivity contribution in [1.82, 2.24) is 14.5 Å². The summed E-state index contributed by atoms with van der Waals surface area (Å²) in [6.45, 7) is 10.2. The Bertz CT molecular complexity index is 655. The average Bonchev–Trinajstić information content (AvgIpc) is 2.75. The molecule has 0 aliphatic heterocycles. The largest absolute Gasteiger partial charge is 0.337 e. The van der Waals surface area contributed by atoms with Gasteiger partial charge in [0.05, 0.1) is 16.3 Å². The molecule has 0 aliphatic carbocycles. The van der Waals surface area contributed by atoms with E-state index in [1.807, 2.05) is 43.1 Å². The smallest absolute Gasteiger partial charge is 0.236 e. The quantitative estimate of drug-likeness (QED) is 0.789. The molecule has 1 amide bonds. The molecule has 0 N–H and O–H groups in total. The lowest BCUT2D eigenvalue weighted by Crippen LogP contribution is -2.45. The van der Waals surface area contributed by atoms with E-state index in [4.69, 9.17) is 0 Å². The zero-order chi connectivity index (χ0) is 16.4. The lowest BCUT2D eigenvalue weighted by atomic mass is 10.2. The summed E-state index contributed by atoms with van der Waals surface area (Å²) in [6, 6.07) is 8.45. The van der Waals surface area contributed by atoms with Crippen LogP contribution in [0.5, 0.6) is 0 Å². The predicted molar refractivity (Wildman–Crippen MR) is 93.2 cm³/mol. The SMILES string of the molecule is CC(Sc1nc2ccccc2n1C)C(=O)N(C(C)C)C(C)C. The highest BCUT2D eigenvalue weighted by molar-refractivity contribution is 8.00. The van der Waals surface area contributed by atoms with E-state index < -0.39 is 0 Å². The second kappa shape index (κ2) is 6.73. The summed E-state index contributed by atoms with van der Waals surface area (Å²) in [4.78, 5) is 19.3. The number of thioether (sulfide) groups is 1. The van der Waals surface area contributed by atoms with Gasteiger partial charge < -0.3 is 9.47 Å². The molecule has 1 aromatic carbocycles. The van der Waals surface area contributed by atoms with Gasteiger partial charge in [0.15, 0.2) is 5.16 Å². The third-order valence-electron chi connectivity index (χ3n) is 3.74. The highest BCUT2D eigenvalue weighted by atomic mass is 32.2. The summed E-state index contributed by atoms with van der Waals surface area (Å²) in [7, 11) is 2.00. The van der Waals surface area contributed by atoms with E-state index in [0.29, 0.717) is 0 Å². The Morgan fingerprint density at radius 3 is 2.27 bits per heavy atom. The van der Waals surface area contributed by atoms with Crippen molar-refractivity contribution < 1.29 is 4.79 Å². The van der Waals surface area contributed by atoms with E-state index in [-0.39, 0.29) is 23.2 Å². The Labute approximate surface area is 136 Å². The van der Waals surface area contributed by atoms with E-state index in [1.54, 1.807) is 0 Å². The van der Waals surface area contributed by atoms with Crippen LogP contribution in [0, 0.1) is 0 Å². The molecule has 1 atom stereocenters. The van der Waals surface area contributed by atoms with Gasteiger partial charge in [-0.2, -0.15) is 0 Å². The van der Waals surface area contributed by atoms with E-state index in [1.165, 1.54) is 11.8 Å². The van der Waals surface area contributed by atoms with Crippen LogP contribution in [-0.2, 0) is 11.8 Å². The van der Waals surface area contributed by atoms with Crippen LogP contribution in [-0.4, -0.2) is 37.7 Å². The summed E-state index contributed by atoms with van der Waals surface area (Å²) in [6.07, 6.45) is 0. The van der Waals surface area contributed by atoms with Crippen LogP contribution in [0.3, 0.4) is 0 Å². The Morgan fingerprint density at radius 1 is 1.14 bits per heavy atom. The molecule has 1 heterocycles. The zero-order valence-corrected chi connectivity index (χ0v) is 15.0. The van der Waals surface area contributed by atoms with Crippen LogP contribution in [0.4, 0.5) is 0 Å². The molecular formula is C17H25N3OS. The molecule has 0 saturated heterocycles. The Hall–Kier alpha value is -1.49. The maximum Gasteiger partial charge on any atom is 0.236 e. The number of para-hydroxylation sites is 2. The standard InChI is InChI=1S/C17H25N3OS/c1-11(2)20(12(3)4)16(21)13(5)22-17-18-14-9-7-8-10-15(14)19(17)6/h7-13H,1-6H3. The molecule has 0 radical (unpaired) electrons. The fourth-order valence-electron chi connectivity index (χ4n) is 2.75.